The van der Waals surface area contributed by atoms with Crippen LogP contribution in [0.3, 0.4) is 0 Å². The number of benzene rings is 1. The zero-order chi connectivity index (χ0) is 13.2. The standard InChI is InChI=1S/C14H19NO3/c1-3-18-11-6-4-10(5-7-11)13(16)14(2)9-17-8-12(14)15/h4-7,12H,3,8-9,15H2,1-2H3. The van der Waals surface area contributed by atoms with Crippen LogP contribution in [-0.4, -0.2) is 31.6 Å². The molecule has 0 saturated carbocycles. The number of ketones is 1. The van der Waals surface area contributed by atoms with Gasteiger partial charge in [-0.15, -0.1) is 0 Å². The summed E-state index contributed by atoms with van der Waals surface area (Å²) in [5.74, 6) is 0.807. The second-order valence-electron chi connectivity index (χ2n) is 4.83. The number of ether oxygens (including phenoxy) is 2. The van der Waals surface area contributed by atoms with Gasteiger partial charge in [0.25, 0.3) is 0 Å². The summed E-state index contributed by atoms with van der Waals surface area (Å²) in [6, 6.07) is 6.94. The average molecular weight is 249 g/mol. The quantitative estimate of drug-likeness (QED) is 0.824. The molecule has 2 N–H and O–H groups in total. The molecular weight excluding hydrogens is 230 g/mol. The number of hydrogen-bond acceptors (Lipinski definition) is 4. The molecule has 18 heavy (non-hydrogen) atoms. The molecule has 0 amide bonds. The van der Waals surface area contributed by atoms with Crippen molar-refractivity contribution in [3.63, 3.8) is 0 Å². The maximum atomic E-state index is 12.4. The van der Waals surface area contributed by atoms with Gasteiger partial charge in [0.1, 0.15) is 5.75 Å². The van der Waals surface area contributed by atoms with Crippen LogP contribution in [0.2, 0.25) is 0 Å². The molecule has 1 aromatic carbocycles. The highest BCUT2D eigenvalue weighted by molar-refractivity contribution is 6.01. The topological polar surface area (TPSA) is 61.5 Å². The molecule has 4 heteroatoms. The summed E-state index contributed by atoms with van der Waals surface area (Å²) < 4.78 is 10.7. The van der Waals surface area contributed by atoms with E-state index in [9.17, 15) is 4.79 Å². The molecule has 0 radical (unpaired) electrons. The highest BCUT2D eigenvalue weighted by Gasteiger charge is 2.44. The van der Waals surface area contributed by atoms with Crippen LogP contribution in [0, 0.1) is 5.41 Å². The van der Waals surface area contributed by atoms with E-state index in [1.165, 1.54) is 0 Å². The Hall–Kier alpha value is -1.39. The average Bonchev–Trinajstić information content (AvgIpc) is 2.71. The first-order valence-electron chi connectivity index (χ1n) is 6.19. The Morgan fingerprint density at radius 3 is 2.67 bits per heavy atom. The fourth-order valence-electron chi connectivity index (χ4n) is 2.12. The van der Waals surface area contributed by atoms with Crippen molar-refractivity contribution in [3.05, 3.63) is 29.8 Å². The van der Waals surface area contributed by atoms with Gasteiger partial charge in [-0.3, -0.25) is 4.79 Å². The molecule has 98 valence electrons. The van der Waals surface area contributed by atoms with Crippen LogP contribution < -0.4 is 10.5 Å². The third kappa shape index (κ3) is 2.26. The number of rotatable bonds is 4. The van der Waals surface area contributed by atoms with E-state index >= 15 is 0 Å². The Labute approximate surface area is 107 Å². The van der Waals surface area contributed by atoms with Gasteiger partial charge in [0, 0.05) is 11.6 Å². The molecule has 1 aromatic rings. The van der Waals surface area contributed by atoms with Crippen molar-refractivity contribution in [2.24, 2.45) is 11.1 Å². The summed E-state index contributed by atoms with van der Waals surface area (Å²) >= 11 is 0. The van der Waals surface area contributed by atoms with Crippen LogP contribution in [0.1, 0.15) is 24.2 Å². The lowest BCUT2D eigenvalue weighted by Gasteiger charge is -2.25. The number of carbonyl (C=O) groups is 1. The third-order valence-corrected chi connectivity index (χ3v) is 3.46. The van der Waals surface area contributed by atoms with Gasteiger partial charge in [0.15, 0.2) is 5.78 Å². The zero-order valence-electron chi connectivity index (χ0n) is 10.8. The SMILES string of the molecule is CCOc1ccc(C(=O)C2(C)COCC2N)cc1. The number of hydrogen-bond donors (Lipinski definition) is 1. The summed E-state index contributed by atoms with van der Waals surface area (Å²) in [6.45, 7) is 5.24. The molecule has 2 atom stereocenters. The zero-order valence-corrected chi connectivity index (χ0v) is 10.8. The maximum Gasteiger partial charge on any atom is 0.172 e. The second-order valence-corrected chi connectivity index (χ2v) is 4.83. The molecule has 1 fully saturated rings. The van der Waals surface area contributed by atoms with Crippen LogP contribution in [0.5, 0.6) is 5.75 Å². The molecule has 0 bridgehead atoms. The normalized spacial score (nSPS) is 27.2. The van der Waals surface area contributed by atoms with Crippen molar-refractivity contribution >= 4 is 5.78 Å². The highest BCUT2D eigenvalue weighted by Crippen LogP contribution is 2.31. The number of Topliss-reactive ketones (excluding diaryl/α,β-unsaturated/α-hetero) is 1. The van der Waals surface area contributed by atoms with Crippen molar-refractivity contribution in [1.29, 1.82) is 0 Å². The number of nitrogens with two attached hydrogens (primary N) is 1. The second kappa shape index (κ2) is 5.08. The summed E-state index contributed by atoms with van der Waals surface area (Å²) in [6.07, 6.45) is 0. The highest BCUT2D eigenvalue weighted by atomic mass is 16.5. The first-order chi connectivity index (χ1) is 8.58. The Morgan fingerprint density at radius 1 is 1.50 bits per heavy atom. The van der Waals surface area contributed by atoms with E-state index in [4.69, 9.17) is 15.2 Å². The lowest BCUT2D eigenvalue weighted by Crippen LogP contribution is -2.44. The van der Waals surface area contributed by atoms with E-state index in [2.05, 4.69) is 0 Å². The maximum absolute atomic E-state index is 12.4. The van der Waals surface area contributed by atoms with Crippen LogP contribution in [-0.2, 0) is 4.74 Å². The Kier molecular flexibility index (Phi) is 3.68. The van der Waals surface area contributed by atoms with Gasteiger partial charge in [-0.1, -0.05) is 0 Å². The minimum absolute atomic E-state index is 0.0375. The van der Waals surface area contributed by atoms with Gasteiger partial charge in [0.05, 0.1) is 25.2 Å². The van der Waals surface area contributed by atoms with Gasteiger partial charge >= 0.3 is 0 Å². The van der Waals surface area contributed by atoms with E-state index in [1.54, 1.807) is 24.3 Å². The fourth-order valence-corrected chi connectivity index (χ4v) is 2.12. The first-order valence-corrected chi connectivity index (χ1v) is 6.19. The monoisotopic (exact) mass is 249 g/mol. The van der Waals surface area contributed by atoms with Crippen LogP contribution >= 0.6 is 0 Å². The molecule has 0 aromatic heterocycles. The van der Waals surface area contributed by atoms with Crippen molar-refractivity contribution < 1.29 is 14.3 Å². The Bertz CT molecular complexity index is 429. The number of carbonyl (C=O) groups excluding carboxylic acids is 1. The lowest BCUT2D eigenvalue weighted by atomic mass is 9.78. The molecule has 4 nitrogen and oxygen atoms in total. The predicted octanol–water partition coefficient (Wildman–Crippen LogP) is 1.63. The molecule has 1 saturated heterocycles. The fraction of sp³-hybridized carbons (Fsp3) is 0.500. The Balaban J connectivity index is 2.18. The molecule has 1 aliphatic heterocycles. The largest absolute Gasteiger partial charge is 0.494 e. The molecule has 0 spiro atoms. The van der Waals surface area contributed by atoms with Gasteiger partial charge in [-0.25, -0.2) is 0 Å². The van der Waals surface area contributed by atoms with Crippen molar-refractivity contribution in [1.82, 2.24) is 0 Å². The lowest BCUT2D eigenvalue weighted by molar-refractivity contribution is 0.0767. The van der Waals surface area contributed by atoms with Gasteiger partial charge in [-0.2, -0.15) is 0 Å². The van der Waals surface area contributed by atoms with E-state index < -0.39 is 5.41 Å². The van der Waals surface area contributed by atoms with E-state index in [0.717, 1.165) is 5.75 Å². The predicted molar refractivity (Wildman–Crippen MR) is 68.8 cm³/mol. The summed E-state index contributed by atoms with van der Waals surface area (Å²) in [4.78, 5) is 12.4. The van der Waals surface area contributed by atoms with Crippen molar-refractivity contribution in [3.8, 4) is 5.75 Å². The summed E-state index contributed by atoms with van der Waals surface area (Å²) in [5.41, 5.74) is 6.00. The molecular formula is C14H19NO3. The minimum atomic E-state index is -0.618. The molecule has 2 unspecified atom stereocenters. The van der Waals surface area contributed by atoms with Crippen LogP contribution in [0.25, 0.3) is 0 Å². The van der Waals surface area contributed by atoms with Crippen molar-refractivity contribution in [2.45, 2.75) is 19.9 Å². The third-order valence-electron chi connectivity index (χ3n) is 3.46. The van der Waals surface area contributed by atoms with E-state index in [-0.39, 0.29) is 11.8 Å². The molecule has 1 aliphatic rings. The summed E-state index contributed by atoms with van der Waals surface area (Å²) in [5, 5.41) is 0. The Morgan fingerprint density at radius 2 is 2.17 bits per heavy atom. The van der Waals surface area contributed by atoms with Gasteiger partial charge < -0.3 is 15.2 Å². The van der Waals surface area contributed by atoms with E-state index in [0.29, 0.717) is 25.4 Å². The molecule has 0 aliphatic carbocycles. The summed E-state index contributed by atoms with van der Waals surface area (Å²) in [7, 11) is 0. The van der Waals surface area contributed by atoms with Gasteiger partial charge in [-0.05, 0) is 38.1 Å². The van der Waals surface area contributed by atoms with Crippen LogP contribution in [0.4, 0.5) is 0 Å². The molecule has 1 heterocycles. The van der Waals surface area contributed by atoms with Crippen LogP contribution in [0.15, 0.2) is 24.3 Å². The van der Waals surface area contributed by atoms with Gasteiger partial charge in [0.2, 0.25) is 0 Å². The minimum Gasteiger partial charge on any atom is -0.494 e. The van der Waals surface area contributed by atoms with E-state index in [1.807, 2.05) is 13.8 Å². The smallest absolute Gasteiger partial charge is 0.172 e. The molecule has 2 rings (SSSR count). The van der Waals surface area contributed by atoms with Crippen molar-refractivity contribution in [2.75, 3.05) is 19.8 Å². The first kappa shape index (κ1) is 13.1.